The summed E-state index contributed by atoms with van der Waals surface area (Å²) in [7, 11) is 0. The van der Waals surface area contributed by atoms with Gasteiger partial charge in [0.05, 0.1) is 0 Å². The Morgan fingerprint density at radius 1 is 1.50 bits per heavy atom. The second-order valence-corrected chi connectivity index (χ2v) is 4.01. The molecule has 0 saturated heterocycles. The summed E-state index contributed by atoms with van der Waals surface area (Å²) in [5.74, 6) is 0.596. The van der Waals surface area contributed by atoms with Crippen molar-refractivity contribution in [1.29, 1.82) is 0 Å². The van der Waals surface area contributed by atoms with Crippen molar-refractivity contribution in [2.24, 2.45) is 11.7 Å². The van der Waals surface area contributed by atoms with Gasteiger partial charge in [-0.1, -0.05) is 24.6 Å². The highest BCUT2D eigenvalue weighted by molar-refractivity contribution is 6.30. The number of halogens is 1. The van der Waals surface area contributed by atoms with Gasteiger partial charge in [-0.25, -0.2) is 0 Å². The third kappa shape index (κ3) is 3.99. The van der Waals surface area contributed by atoms with E-state index < -0.39 is 0 Å². The zero-order valence-electron chi connectivity index (χ0n) is 8.46. The minimum atomic E-state index is 0.596. The van der Waals surface area contributed by atoms with Crippen LogP contribution in [0.5, 0.6) is 0 Å². The predicted molar refractivity (Wildman–Crippen MR) is 62.8 cm³/mol. The lowest BCUT2D eigenvalue weighted by Crippen LogP contribution is -2.15. The summed E-state index contributed by atoms with van der Waals surface area (Å²) in [4.78, 5) is 0. The van der Waals surface area contributed by atoms with Gasteiger partial charge in [-0.3, -0.25) is 0 Å². The zero-order valence-corrected chi connectivity index (χ0v) is 9.22. The van der Waals surface area contributed by atoms with E-state index in [1.165, 1.54) is 0 Å². The van der Waals surface area contributed by atoms with Crippen LogP contribution in [0.2, 0.25) is 5.02 Å². The van der Waals surface area contributed by atoms with Crippen molar-refractivity contribution >= 4 is 17.3 Å². The number of benzene rings is 1. The number of nitrogens with two attached hydrogens (primary N) is 1. The van der Waals surface area contributed by atoms with E-state index in [1.54, 1.807) is 0 Å². The molecular weight excluding hydrogens is 196 g/mol. The van der Waals surface area contributed by atoms with Crippen molar-refractivity contribution < 1.29 is 0 Å². The van der Waals surface area contributed by atoms with Crippen molar-refractivity contribution in [2.45, 2.75) is 13.3 Å². The molecule has 0 aromatic heterocycles. The summed E-state index contributed by atoms with van der Waals surface area (Å²) in [6.45, 7) is 3.88. The molecule has 0 bridgehead atoms. The first kappa shape index (κ1) is 11.3. The highest BCUT2D eigenvalue weighted by atomic mass is 35.5. The van der Waals surface area contributed by atoms with E-state index in [1.807, 2.05) is 24.3 Å². The van der Waals surface area contributed by atoms with E-state index in [2.05, 4.69) is 12.2 Å². The van der Waals surface area contributed by atoms with E-state index in [0.717, 1.165) is 30.2 Å². The highest BCUT2D eigenvalue weighted by Crippen LogP contribution is 2.15. The summed E-state index contributed by atoms with van der Waals surface area (Å²) in [6, 6.07) is 7.76. The Kier molecular flexibility index (Phi) is 4.77. The van der Waals surface area contributed by atoms with Crippen LogP contribution in [-0.4, -0.2) is 13.1 Å². The SMILES string of the molecule is CC(CCN)CNc1cccc(Cl)c1. The van der Waals surface area contributed by atoms with Gasteiger partial charge in [0.25, 0.3) is 0 Å². The van der Waals surface area contributed by atoms with Crippen LogP contribution in [0.1, 0.15) is 13.3 Å². The van der Waals surface area contributed by atoms with Crippen molar-refractivity contribution in [2.75, 3.05) is 18.4 Å². The lowest BCUT2D eigenvalue weighted by Gasteiger charge is -2.12. The normalized spacial score (nSPS) is 12.5. The highest BCUT2D eigenvalue weighted by Gasteiger charge is 2.00. The summed E-state index contributed by atoms with van der Waals surface area (Å²) in [5.41, 5.74) is 6.54. The minimum absolute atomic E-state index is 0.596. The van der Waals surface area contributed by atoms with Crippen LogP contribution in [0.4, 0.5) is 5.69 Å². The van der Waals surface area contributed by atoms with E-state index in [-0.39, 0.29) is 0 Å². The lowest BCUT2D eigenvalue weighted by molar-refractivity contribution is 0.568. The van der Waals surface area contributed by atoms with Gasteiger partial charge in [0, 0.05) is 17.3 Å². The smallest absolute Gasteiger partial charge is 0.0426 e. The maximum Gasteiger partial charge on any atom is 0.0426 e. The lowest BCUT2D eigenvalue weighted by atomic mass is 10.1. The standard InChI is InChI=1S/C11H17ClN2/c1-9(5-6-13)8-14-11-4-2-3-10(12)7-11/h2-4,7,9,14H,5-6,8,13H2,1H3. The van der Waals surface area contributed by atoms with E-state index in [9.17, 15) is 0 Å². The molecule has 1 aromatic rings. The summed E-state index contributed by atoms with van der Waals surface area (Å²) < 4.78 is 0. The number of hydrogen-bond donors (Lipinski definition) is 2. The quantitative estimate of drug-likeness (QED) is 0.788. The van der Waals surface area contributed by atoms with E-state index in [4.69, 9.17) is 17.3 Å². The molecular formula is C11H17ClN2. The number of anilines is 1. The molecule has 0 radical (unpaired) electrons. The van der Waals surface area contributed by atoms with Crippen LogP contribution in [-0.2, 0) is 0 Å². The third-order valence-corrected chi connectivity index (χ3v) is 2.37. The molecule has 1 rings (SSSR count). The number of rotatable bonds is 5. The largest absolute Gasteiger partial charge is 0.385 e. The van der Waals surface area contributed by atoms with Gasteiger partial charge in [0.2, 0.25) is 0 Å². The maximum atomic E-state index is 5.86. The van der Waals surface area contributed by atoms with Gasteiger partial charge >= 0.3 is 0 Å². The average Bonchev–Trinajstić information content (AvgIpc) is 2.15. The fraction of sp³-hybridized carbons (Fsp3) is 0.455. The second kappa shape index (κ2) is 5.89. The molecule has 78 valence electrons. The predicted octanol–water partition coefficient (Wildman–Crippen LogP) is 2.74. The Labute approximate surface area is 90.4 Å². The van der Waals surface area contributed by atoms with Crippen molar-refractivity contribution in [1.82, 2.24) is 0 Å². The monoisotopic (exact) mass is 212 g/mol. The third-order valence-electron chi connectivity index (χ3n) is 2.14. The Hall–Kier alpha value is -0.730. The summed E-state index contributed by atoms with van der Waals surface area (Å²) >= 11 is 5.86. The summed E-state index contributed by atoms with van der Waals surface area (Å²) in [5, 5.41) is 4.10. The average molecular weight is 213 g/mol. The molecule has 0 aliphatic rings. The molecule has 0 aliphatic carbocycles. The number of hydrogen-bond acceptors (Lipinski definition) is 2. The van der Waals surface area contributed by atoms with Crippen LogP contribution in [0, 0.1) is 5.92 Å². The Morgan fingerprint density at radius 3 is 2.93 bits per heavy atom. The first-order valence-corrected chi connectivity index (χ1v) is 5.29. The summed E-state index contributed by atoms with van der Waals surface area (Å²) in [6.07, 6.45) is 1.05. The molecule has 3 heteroatoms. The molecule has 0 aliphatic heterocycles. The van der Waals surface area contributed by atoms with Crippen LogP contribution in [0.25, 0.3) is 0 Å². The minimum Gasteiger partial charge on any atom is -0.385 e. The first-order chi connectivity index (χ1) is 6.72. The fourth-order valence-corrected chi connectivity index (χ4v) is 1.47. The molecule has 3 N–H and O–H groups in total. The zero-order chi connectivity index (χ0) is 10.4. The number of nitrogens with one attached hydrogen (secondary N) is 1. The van der Waals surface area contributed by atoms with E-state index >= 15 is 0 Å². The molecule has 1 aromatic carbocycles. The van der Waals surface area contributed by atoms with Crippen molar-refractivity contribution in [3.8, 4) is 0 Å². The van der Waals surface area contributed by atoms with Crippen LogP contribution in [0.15, 0.2) is 24.3 Å². The van der Waals surface area contributed by atoms with Crippen molar-refractivity contribution in [3.63, 3.8) is 0 Å². The van der Waals surface area contributed by atoms with Crippen LogP contribution >= 0.6 is 11.6 Å². The molecule has 0 spiro atoms. The van der Waals surface area contributed by atoms with Gasteiger partial charge < -0.3 is 11.1 Å². The van der Waals surface area contributed by atoms with Gasteiger partial charge in [0.1, 0.15) is 0 Å². The Morgan fingerprint density at radius 2 is 2.29 bits per heavy atom. The topological polar surface area (TPSA) is 38.0 Å². The Balaban J connectivity index is 2.37. The molecule has 0 fully saturated rings. The fourth-order valence-electron chi connectivity index (χ4n) is 1.28. The molecule has 1 unspecified atom stereocenters. The molecule has 14 heavy (non-hydrogen) atoms. The van der Waals surface area contributed by atoms with Crippen molar-refractivity contribution in [3.05, 3.63) is 29.3 Å². The van der Waals surface area contributed by atoms with Gasteiger partial charge in [-0.2, -0.15) is 0 Å². The van der Waals surface area contributed by atoms with Gasteiger partial charge in [-0.05, 0) is 37.1 Å². The van der Waals surface area contributed by atoms with Gasteiger partial charge in [-0.15, -0.1) is 0 Å². The van der Waals surface area contributed by atoms with Crippen LogP contribution in [0.3, 0.4) is 0 Å². The second-order valence-electron chi connectivity index (χ2n) is 3.57. The molecule has 2 nitrogen and oxygen atoms in total. The Bertz CT molecular complexity index is 276. The molecule has 0 saturated carbocycles. The first-order valence-electron chi connectivity index (χ1n) is 4.92. The molecule has 0 heterocycles. The molecule has 1 atom stereocenters. The van der Waals surface area contributed by atoms with Crippen LogP contribution < -0.4 is 11.1 Å². The van der Waals surface area contributed by atoms with E-state index in [0.29, 0.717) is 5.92 Å². The molecule has 0 amide bonds. The van der Waals surface area contributed by atoms with Gasteiger partial charge in [0.15, 0.2) is 0 Å². The maximum absolute atomic E-state index is 5.86.